The molecule has 0 radical (unpaired) electrons. The summed E-state index contributed by atoms with van der Waals surface area (Å²) in [6.07, 6.45) is 5.40. The number of carbonyl (C=O) groups excluding carboxylic acids is 1. The molecule has 0 spiro atoms. The van der Waals surface area contributed by atoms with Gasteiger partial charge in [-0.3, -0.25) is 4.79 Å². The summed E-state index contributed by atoms with van der Waals surface area (Å²) in [7, 11) is 1.84. The quantitative estimate of drug-likeness (QED) is 0.694. The van der Waals surface area contributed by atoms with E-state index in [1.165, 1.54) is 5.56 Å². The van der Waals surface area contributed by atoms with E-state index < -0.39 is 0 Å². The van der Waals surface area contributed by atoms with E-state index in [9.17, 15) is 4.79 Å². The first-order valence-electron chi connectivity index (χ1n) is 5.65. The van der Waals surface area contributed by atoms with Crippen molar-refractivity contribution in [2.24, 2.45) is 0 Å². The van der Waals surface area contributed by atoms with E-state index >= 15 is 0 Å². The largest absolute Gasteiger partial charge is 0.342 e. The van der Waals surface area contributed by atoms with E-state index in [4.69, 9.17) is 0 Å². The molecule has 0 fully saturated rings. The second kappa shape index (κ2) is 6.83. The molecular formula is C14H19NO. The molecule has 0 bridgehead atoms. The van der Waals surface area contributed by atoms with Gasteiger partial charge in [0.1, 0.15) is 0 Å². The molecule has 0 N–H and O–H groups in total. The van der Waals surface area contributed by atoms with Gasteiger partial charge in [-0.05, 0) is 31.4 Å². The second-order valence-electron chi connectivity index (χ2n) is 3.85. The fourth-order valence-corrected chi connectivity index (χ4v) is 1.55. The summed E-state index contributed by atoms with van der Waals surface area (Å²) in [5, 5.41) is 0. The molecule has 86 valence electrons. The number of allylic oxidation sites excluding steroid dienone is 1. The number of amides is 1. The highest BCUT2D eigenvalue weighted by Gasteiger charge is 2.03. The van der Waals surface area contributed by atoms with Crippen molar-refractivity contribution >= 4 is 5.91 Å². The van der Waals surface area contributed by atoms with Crippen molar-refractivity contribution in [3.05, 3.63) is 48.0 Å². The second-order valence-corrected chi connectivity index (χ2v) is 3.85. The molecule has 2 heteroatoms. The van der Waals surface area contributed by atoms with Crippen LogP contribution in [0, 0.1) is 0 Å². The monoisotopic (exact) mass is 217 g/mol. The van der Waals surface area contributed by atoms with Gasteiger partial charge >= 0.3 is 0 Å². The Morgan fingerprint density at radius 3 is 2.62 bits per heavy atom. The third-order valence-electron chi connectivity index (χ3n) is 2.49. The zero-order chi connectivity index (χ0) is 11.8. The first kappa shape index (κ1) is 12.5. The normalized spacial score (nSPS) is 10.6. The summed E-state index contributed by atoms with van der Waals surface area (Å²) < 4.78 is 0. The molecule has 0 heterocycles. The zero-order valence-electron chi connectivity index (χ0n) is 10.0. The van der Waals surface area contributed by atoms with Crippen LogP contribution in [0.1, 0.15) is 18.9 Å². The van der Waals surface area contributed by atoms with Crippen molar-refractivity contribution < 1.29 is 4.79 Å². The highest BCUT2D eigenvalue weighted by Crippen LogP contribution is 2.03. The van der Waals surface area contributed by atoms with Crippen LogP contribution in [0.15, 0.2) is 42.5 Å². The van der Waals surface area contributed by atoms with Gasteiger partial charge in [-0.25, -0.2) is 0 Å². The van der Waals surface area contributed by atoms with E-state index in [0.29, 0.717) is 0 Å². The minimum absolute atomic E-state index is 0.0792. The number of nitrogens with zero attached hydrogens (tertiary/aromatic N) is 1. The van der Waals surface area contributed by atoms with E-state index in [-0.39, 0.29) is 5.91 Å². The lowest BCUT2D eigenvalue weighted by molar-refractivity contribution is -0.124. The Kier molecular flexibility index (Phi) is 5.34. The first-order chi connectivity index (χ1) is 7.74. The highest BCUT2D eigenvalue weighted by molar-refractivity contribution is 5.87. The Bertz CT molecular complexity index is 343. The van der Waals surface area contributed by atoms with Crippen molar-refractivity contribution in [2.75, 3.05) is 13.6 Å². The minimum Gasteiger partial charge on any atom is -0.342 e. The van der Waals surface area contributed by atoms with Crippen LogP contribution >= 0.6 is 0 Å². The Morgan fingerprint density at radius 1 is 1.31 bits per heavy atom. The average molecular weight is 217 g/mol. The SMILES string of the molecule is CC=CC(=O)N(C)CCCc1ccccc1. The third kappa shape index (κ3) is 4.30. The number of hydrogen-bond donors (Lipinski definition) is 0. The summed E-state index contributed by atoms with van der Waals surface area (Å²) in [6, 6.07) is 10.3. The van der Waals surface area contributed by atoms with Gasteiger partial charge in [0.25, 0.3) is 0 Å². The maximum Gasteiger partial charge on any atom is 0.245 e. The molecule has 1 aromatic rings. The Labute approximate surface area is 97.6 Å². The molecule has 1 amide bonds. The first-order valence-corrected chi connectivity index (χ1v) is 5.65. The lowest BCUT2D eigenvalue weighted by Crippen LogP contribution is -2.26. The van der Waals surface area contributed by atoms with E-state index in [1.54, 1.807) is 17.1 Å². The molecular weight excluding hydrogens is 198 g/mol. The average Bonchev–Trinajstić information content (AvgIpc) is 2.30. The molecule has 0 saturated heterocycles. The number of likely N-dealkylation sites (N-methyl/N-ethyl adjacent to an activating group) is 1. The Balaban J connectivity index is 2.28. The van der Waals surface area contributed by atoms with Crippen molar-refractivity contribution in [1.29, 1.82) is 0 Å². The Morgan fingerprint density at radius 2 is 2.00 bits per heavy atom. The van der Waals surface area contributed by atoms with Crippen LogP contribution in [0.2, 0.25) is 0 Å². The predicted octanol–water partition coefficient (Wildman–Crippen LogP) is 2.65. The molecule has 0 unspecified atom stereocenters. The summed E-state index contributed by atoms with van der Waals surface area (Å²) in [5.74, 6) is 0.0792. The van der Waals surface area contributed by atoms with Gasteiger partial charge in [0, 0.05) is 13.6 Å². The van der Waals surface area contributed by atoms with Gasteiger partial charge in [-0.2, -0.15) is 0 Å². The van der Waals surface area contributed by atoms with Crippen molar-refractivity contribution in [2.45, 2.75) is 19.8 Å². The molecule has 0 aliphatic heterocycles. The molecule has 0 aliphatic carbocycles. The lowest BCUT2D eigenvalue weighted by Gasteiger charge is -2.14. The molecule has 0 aromatic heterocycles. The summed E-state index contributed by atoms with van der Waals surface area (Å²) >= 11 is 0. The van der Waals surface area contributed by atoms with E-state index in [2.05, 4.69) is 12.1 Å². The van der Waals surface area contributed by atoms with Gasteiger partial charge in [-0.15, -0.1) is 0 Å². The summed E-state index contributed by atoms with van der Waals surface area (Å²) in [5.41, 5.74) is 1.33. The van der Waals surface area contributed by atoms with Gasteiger partial charge in [0.15, 0.2) is 0 Å². The number of aryl methyl sites for hydroxylation is 1. The molecule has 1 rings (SSSR count). The molecule has 0 aliphatic rings. The molecule has 0 saturated carbocycles. The van der Waals surface area contributed by atoms with Crippen LogP contribution in [0.3, 0.4) is 0 Å². The maximum atomic E-state index is 11.4. The van der Waals surface area contributed by atoms with Crippen molar-refractivity contribution in [1.82, 2.24) is 4.90 Å². The fraction of sp³-hybridized carbons (Fsp3) is 0.357. The smallest absolute Gasteiger partial charge is 0.245 e. The standard InChI is InChI=1S/C14H19NO/c1-3-8-14(16)15(2)12-7-11-13-9-5-4-6-10-13/h3-6,8-10H,7,11-12H2,1-2H3. The number of hydrogen-bond acceptors (Lipinski definition) is 1. The van der Waals surface area contributed by atoms with Crippen LogP contribution in [0.4, 0.5) is 0 Å². The van der Waals surface area contributed by atoms with E-state index in [1.807, 2.05) is 32.2 Å². The minimum atomic E-state index is 0.0792. The number of rotatable bonds is 5. The maximum absolute atomic E-state index is 11.4. The van der Waals surface area contributed by atoms with Crippen LogP contribution in [0.25, 0.3) is 0 Å². The van der Waals surface area contributed by atoms with Crippen LogP contribution in [-0.4, -0.2) is 24.4 Å². The van der Waals surface area contributed by atoms with Crippen LogP contribution < -0.4 is 0 Å². The fourth-order valence-electron chi connectivity index (χ4n) is 1.55. The molecule has 16 heavy (non-hydrogen) atoms. The number of carbonyl (C=O) groups is 1. The molecule has 2 nitrogen and oxygen atoms in total. The van der Waals surface area contributed by atoms with Gasteiger partial charge in [-0.1, -0.05) is 36.4 Å². The zero-order valence-corrected chi connectivity index (χ0v) is 10.0. The van der Waals surface area contributed by atoms with Gasteiger partial charge in [0.05, 0.1) is 0 Å². The lowest BCUT2D eigenvalue weighted by atomic mass is 10.1. The highest BCUT2D eigenvalue weighted by atomic mass is 16.2. The molecule has 0 atom stereocenters. The Hall–Kier alpha value is -1.57. The van der Waals surface area contributed by atoms with E-state index in [0.717, 1.165) is 19.4 Å². The van der Waals surface area contributed by atoms with Crippen molar-refractivity contribution in [3.63, 3.8) is 0 Å². The summed E-state index contributed by atoms with van der Waals surface area (Å²) in [6.45, 7) is 2.66. The topological polar surface area (TPSA) is 20.3 Å². The molecule has 1 aromatic carbocycles. The third-order valence-corrected chi connectivity index (χ3v) is 2.49. The van der Waals surface area contributed by atoms with Crippen molar-refractivity contribution in [3.8, 4) is 0 Å². The predicted molar refractivity (Wildman–Crippen MR) is 67.2 cm³/mol. The van der Waals surface area contributed by atoms with Crippen LogP contribution in [0.5, 0.6) is 0 Å². The van der Waals surface area contributed by atoms with Gasteiger partial charge in [0.2, 0.25) is 5.91 Å². The van der Waals surface area contributed by atoms with Gasteiger partial charge < -0.3 is 4.90 Å². The van der Waals surface area contributed by atoms with Crippen LogP contribution in [-0.2, 0) is 11.2 Å². The summed E-state index contributed by atoms with van der Waals surface area (Å²) in [4.78, 5) is 13.2. The number of benzene rings is 1.